The van der Waals surface area contributed by atoms with Crippen molar-refractivity contribution in [3.8, 4) is 11.3 Å². The number of carbonyl (C=O) groups is 3. The van der Waals surface area contributed by atoms with Gasteiger partial charge in [-0.25, -0.2) is 0 Å². The van der Waals surface area contributed by atoms with Gasteiger partial charge in [-0.3, -0.25) is 29.4 Å². The van der Waals surface area contributed by atoms with Crippen LogP contribution in [0.5, 0.6) is 0 Å². The van der Waals surface area contributed by atoms with Crippen molar-refractivity contribution in [2.75, 3.05) is 13.1 Å². The molecule has 2 aliphatic rings. The fourth-order valence-corrected chi connectivity index (χ4v) is 5.51. The van der Waals surface area contributed by atoms with E-state index in [1.165, 1.54) is 35.9 Å². The van der Waals surface area contributed by atoms with Crippen LogP contribution in [0.4, 0.5) is 10.5 Å². The van der Waals surface area contributed by atoms with E-state index in [2.05, 4.69) is 0 Å². The van der Waals surface area contributed by atoms with Crippen LogP contribution in [-0.4, -0.2) is 44.9 Å². The molecule has 0 bridgehead atoms. The van der Waals surface area contributed by atoms with Crippen LogP contribution in [0.3, 0.4) is 0 Å². The Bertz CT molecular complexity index is 1500. The number of rotatable bonds is 5. The molecule has 0 radical (unpaired) electrons. The van der Waals surface area contributed by atoms with Crippen LogP contribution in [-0.2, 0) is 22.6 Å². The minimum Gasteiger partial charge on any atom is -0.457 e. The number of furan rings is 1. The number of hydrogen-bond donors (Lipinski definition) is 0. The van der Waals surface area contributed by atoms with E-state index in [9.17, 15) is 24.5 Å². The Kier molecular flexibility index (Phi) is 6.80. The van der Waals surface area contributed by atoms with Crippen LogP contribution in [0, 0.1) is 10.1 Å². The van der Waals surface area contributed by atoms with Crippen LogP contribution < -0.4 is 0 Å². The SMILES string of the molecule is O=C(CN1C(=O)S/C(=C\c2ccc(-c3cc([N+](=O)[O-])c(Cl)cc3Cl)o2)C1=O)N1CCc2ccccc2C1. The number of nitro groups is 1. The van der Waals surface area contributed by atoms with E-state index in [4.69, 9.17) is 27.6 Å². The smallest absolute Gasteiger partial charge is 0.294 e. The van der Waals surface area contributed by atoms with E-state index < -0.39 is 16.1 Å². The van der Waals surface area contributed by atoms with Gasteiger partial charge in [-0.2, -0.15) is 0 Å². The normalized spacial score (nSPS) is 16.4. The lowest BCUT2D eigenvalue weighted by Gasteiger charge is -2.29. The van der Waals surface area contributed by atoms with Gasteiger partial charge in [0, 0.05) is 30.8 Å². The molecule has 1 saturated heterocycles. The third-order valence-corrected chi connectivity index (χ3v) is 7.57. The molecule has 0 spiro atoms. The van der Waals surface area contributed by atoms with Crippen molar-refractivity contribution in [1.29, 1.82) is 0 Å². The number of thioether (sulfide) groups is 1. The number of hydrogen-bond acceptors (Lipinski definition) is 7. The maximum Gasteiger partial charge on any atom is 0.294 e. The van der Waals surface area contributed by atoms with E-state index in [0.29, 0.717) is 31.3 Å². The Hall–Kier alpha value is -3.60. The largest absolute Gasteiger partial charge is 0.457 e. The highest BCUT2D eigenvalue weighted by Crippen LogP contribution is 2.38. The highest BCUT2D eigenvalue weighted by atomic mass is 35.5. The third-order valence-electron chi connectivity index (χ3n) is 6.05. The molecule has 0 N–H and O–H groups in total. The number of carbonyl (C=O) groups excluding carboxylic acids is 3. The zero-order chi connectivity index (χ0) is 26.3. The molecule has 9 nitrogen and oxygen atoms in total. The molecule has 3 heterocycles. The van der Waals surface area contributed by atoms with Crippen molar-refractivity contribution >= 4 is 63.8 Å². The molecule has 1 fully saturated rings. The summed E-state index contributed by atoms with van der Waals surface area (Å²) in [5.41, 5.74) is 2.16. The molecule has 0 atom stereocenters. The van der Waals surface area contributed by atoms with Crippen LogP contribution >= 0.6 is 35.0 Å². The van der Waals surface area contributed by atoms with Crippen LogP contribution in [0.1, 0.15) is 16.9 Å². The summed E-state index contributed by atoms with van der Waals surface area (Å²) in [7, 11) is 0. The lowest BCUT2D eigenvalue weighted by molar-refractivity contribution is -0.384. The maximum atomic E-state index is 12.9. The first kappa shape index (κ1) is 25.1. The number of benzene rings is 2. The third kappa shape index (κ3) is 5.00. The molecule has 12 heteroatoms. The van der Waals surface area contributed by atoms with Crippen molar-refractivity contribution in [3.63, 3.8) is 0 Å². The molecule has 0 unspecified atom stereocenters. The Balaban J connectivity index is 1.30. The van der Waals surface area contributed by atoms with E-state index in [1.54, 1.807) is 4.90 Å². The molecule has 3 amide bonds. The van der Waals surface area contributed by atoms with Gasteiger partial charge in [-0.15, -0.1) is 0 Å². The molecule has 2 aliphatic heterocycles. The fraction of sp³-hybridized carbons (Fsp3) is 0.160. The summed E-state index contributed by atoms with van der Waals surface area (Å²) in [5, 5.41) is 10.7. The zero-order valence-electron chi connectivity index (χ0n) is 19.0. The van der Waals surface area contributed by atoms with Gasteiger partial charge in [0.05, 0.1) is 14.9 Å². The van der Waals surface area contributed by atoms with Gasteiger partial charge in [0.25, 0.3) is 16.8 Å². The predicted molar refractivity (Wildman–Crippen MR) is 139 cm³/mol. The lowest BCUT2D eigenvalue weighted by Crippen LogP contribution is -2.44. The first-order valence-electron chi connectivity index (χ1n) is 11.0. The van der Waals surface area contributed by atoms with Crippen molar-refractivity contribution in [1.82, 2.24) is 9.80 Å². The summed E-state index contributed by atoms with van der Waals surface area (Å²) in [4.78, 5) is 51.6. The second-order valence-corrected chi connectivity index (χ2v) is 10.2. The summed E-state index contributed by atoms with van der Waals surface area (Å²) in [5.74, 6) is -0.458. The minimum atomic E-state index is -0.633. The van der Waals surface area contributed by atoms with Gasteiger partial charge in [0.2, 0.25) is 5.91 Å². The molecular formula is C25H17Cl2N3O6S. The molecule has 0 aliphatic carbocycles. The minimum absolute atomic E-state index is 0.0934. The molecular weight excluding hydrogens is 541 g/mol. The second-order valence-electron chi connectivity index (χ2n) is 8.34. The van der Waals surface area contributed by atoms with Crippen molar-refractivity contribution < 1.29 is 23.7 Å². The molecule has 37 heavy (non-hydrogen) atoms. The monoisotopic (exact) mass is 557 g/mol. The first-order valence-corrected chi connectivity index (χ1v) is 12.6. The Morgan fingerprint density at radius 2 is 1.86 bits per heavy atom. The highest BCUT2D eigenvalue weighted by Gasteiger charge is 2.37. The van der Waals surface area contributed by atoms with E-state index in [0.717, 1.165) is 10.5 Å². The van der Waals surface area contributed by atoms with Crippen molar-refractivity contribution in [3.05, 3.63) is 90.5 Å². The standard InChI is InChI=1S/C25H17Cl2N3O6S/c26-18-11-19(27)20(30(34)35)10-17(18)21-6-5-16(36-21)9-22-24(32)29(25(33)37-22)13-23(31)28-8-7-14-3-1-2-4-15(14)12-28/h1-6,9-11H,7-8,12-13H2/b22-9-. The Morgan fingerprint density at radius 1 is 1.11 bits per heavy atom. The van der Waals surface area contributed by atoms with Gasteiger partial charge in [-0.1, -0.05) is 47.5 Å². The van der Waals surface area contributed by atoms with Crippen LogP contribution in [0.2, 0.25) is 10.0 Å². The molecule has 2 aromatic carbocycles. The maximum absolute atomic E-state index is 12.9. The summed E-state index contributed by atoms with van der Waals surface area (Å²) >= 11 is 12.8. The van der Waals surface area contributed by atoms with Crippen LogP contribution in [0.15, 0.2) is 57.9 Å². The summed E-state index contributed by atoms with van der Waals surface area (Å²) in [6.07, 6.45) is 2.10. The number of imide groups is 1. The van der Waals surface area contributed by atoms with Gasteiger partial charge < -0.3 is 9.32 Å². The predicted octanol–water partition coefficient (Wildman–Crippen LogP) is 5.78. The van der Waals surface area contributed by atoms with Crippen LogP contribution in [0.25, 0.3) is 17.4 Å². The Morgan fingerprint density at radius 3 is 2.62 bits per heavy atom. The van der Waals surface area contributed by atoms with Crippen molar-refractivity contribution in [2.45, 2.75) is 13.0 Å². The summed E-state index contributed by atoms with van der Waals surface area (Å²) in [6, 6.07) is 13.4. The lowest BCUT2D eigenvalue weighted by atomic mass is 10.00. The topological polar surface area (TPSA) is 114 Å². The van der Waals surface area contributed by atoms with E-state index in [-0.39, 0.29) is 50.2 Å². The van der Waals surface area contributed by atoms with Gasteiger partial charge in [0.15, 0.2) is 0 Å². The average Bonchev–Trinajstić information content (AvgIpc) is 3.43. The van der Waals surface area contributed by atoms with Gasteiger partial charge in [0.1, 0.15) is 23.1 Å². The summed E-state index contributed by atoms with van der Waals surface area (Å²) in [6.45, 7) is 0.599. The fourth-order valence-electron chi connectivity index (χ4n) is 4.15. The molecule has 5 rings (SSSR count). The highest BCUT2D eigenvalue weighted by molar-refractivity contribution is 8.18. The number of halogens is 2. The zero-order valence-corrected chi connectivity index (χ0v) is 21.3. The molecule has 1 aromatic heterocycles. The quantitative estimate of drug-likeness (QED) is 0.222. The second kappa shape index (κ2) is 10.0. The molecule has 188 valence electrons. The van der Waals surface area contributed by atoms with Gasteiger partial charge >= 0.3 is 0 Å². The van der Waals surface area contributed by atoms with Gasteiger partial charge in [-0.05, 0) is 47.5 Å². The summed E-state index contributed by atoms with van der Waals surface area (Å²) < 4.78 is 5.72. The number of nitrogens with zero attached hydrogens (tertiary/aromatic N) is 3. The van der Waals surface area contributed by atoms with Crippen molar-refractivity contribution in [2.24, 2.45) is 0 Å². The molecule has 0 saturated carbocycles. The molecule has 3 aromatic rings. The number of amides is 3. The average molecular weight is 558 g/mol. The first-order chi connectivity index (χ1) is 17.7. The number of nitro benzene ring substituents is 1. The Labute approximate surface area is 224 Å². The van der Waals surface area contributed by atoms with E-state index in [1.807, 2.05) is 24.3 Å². The number of fused-ring (bicyclic) bond motifs is 1. The van der Waals surface area contributed by atoms with E-state index >= 15 is 0 Å².